The first-order valence-corrected chi connectivity index (χ1v) is 3.10. The summed E-state index contributed by atoms with van der Waals surface area (Å²) in [5.74, 6) is 0.0162. The lowest BCUT2D eigenvalue weighted by Gasteiger charge is -2.29. The molecule has 2 atom stereocenters. The van der Waals surface area contributed by atoms with Crippen LogP contribution in [-0.2, 0) is 0 Å². The molecule has 0 amide bonds. The van der Waals surface area contributed by atoms with Crippen LogP contribution in [0.15, 0.2) is 24.0 Å². The van der Waals surface area contributed by atoms with Gasteiger partial charge in [-0.1, -0.05) is 12.2 Å². The molecule has 2 unspecified atom stereocenters. The highest BCUT2D eigenvalue weighted by molar-refractivity contribution is 5.27. The lowest BCUT2D eigenvalue weighted by atomic mass is 9.90. The zero-order valence-corrected chi connectivity index (χ0v) is 5.78. The minimum atomic E-state index is -1.02. The Labute approximate surface area is 59.5 Å². The van der Waals surface area contributed by atoms with E-state index in [0.29, 0.717) is 0 Å². The maximum atomic E-state index is 9.19. The summed E-state index contributed by atoms with van der Waals surface area (Å²) < 4.78 is 0. The Morgan fingerprint density at radius 2 is 2.30 bits per heavy atom. The van der Waals surface area contributed by atoms with Crippen molar-refractivity contribution in [1.29, 1.82) is 0 Å². The van der Waals surface area contributed by atoms with Gasteiger partial charge in [0.25, 0.3) is 0 Å². The molecule has 1 aliphatic rings. The molecular weight excluding hydrogens is 130 g/mol. The van der Waals surface area contributed by atoms with Crippen molar-refractivity contribution in [2.24, 2.45) is 5.73 Å². The van der Waals surface area contributed by atoms with Gasteiger partial charge in [-0.15, -0.1) is 0 Å². The molecule has 3 heteroatoms. The van der Waals surface area contributed by atoms with Crippen molar-refractivity contribution >= 4 is 0 Å². The van der Waals surface area contributed by atoms with Crippen LogP contribution in [0.3, 0.4) is 0 Å². The summed E-state index contributed by atoms with van der Waals surface area (Å²) in [5, 5.41) is 18.3. The highest BCUT2D eigenvalue weighted by Gasteiger charge is 2.32. The Hall–Kier alpha value is -0.800. The molecule has 0 spiro atoms. The molecule has 0 radical (unpaired) electrons. The molecule has 0 saturated carbocycles. The average Bonchev–Trinajstić information content (AvgIpc) is 1.84. The van der Waals surface area contributed by atoms with Crippen LogP contribution in [0.1, 0.15) is 6.92 Å². The Morgan fingerprint density at radius 1 is 1.70 bits per heavy atom. The maximum absolute atomic E-state index is 9.19. The molecule has 0 bridgehead atoms. The number of nitrogens with two attached hydrogens (primary N) is 1. The molecule has 1 rings (SSSR count). The second-order valence-corrected chi connectivity index (χ2v) is 2.66. The van der Waals surface area contributed by atoms with E-state index < -0.39 is 11.6 Å². The second-order valence-electron chi connectivity index (χ2n) is 2.66. The first kappa shape index (κ1) is 7.31. The van der Waals surface area contributed by atoms with Gasteiger partial charge in [-0.05, 0) is 13.0 Å². The lowest BCUT2D eigenvalue weighted by Crippen LogP contribution is -2.49. The zero-order valence-electron chi connectivity index (χ0n) is 5.78. The van der Waals surface area contributed by atoms with Gasteiger partial charge in [0, 0.05) is 0 Å². The molecule has 0 heterocycles. The van der Waals surface area contributed by atoms with Crippen LogP contribution >= 0.6 is 0 Å². The van der Waals surface area contributed by atoms with Gasteiger partial charge in [-0.2, -0.15) is 0 Å². The third kappa shape index (κ3) is 0.936. The number of aliphatic hydroxyl groups is 2. The summed E-state index contributed by atoms with van der Waals surface area (Å²) in [6.07, 6.45) is 3.80. The molecule has 10 heavy (non-hydrogen) atoms. The quantitative estimate of drug-likeness (QED) is 0.447. The Morgan fingerprint density at radius 3 is 2.70 bits per heavy atom. The van der Waals surface area contributed by atoms with Gasteiger partial charge in [0.05, 0.1) is 6.10 Å². The van der Waals surface area contributed by atoms with E-state index in [0.717, 1.165) is 0 Å². The van der Waals surface area contributed by atoms with Crippen LogP contribution in [0.25, 0.3) is 0 Å². The average molecular weight is 141 g/mol. The minimum Gasteiger partial charge on any atom is -0.510 e. The molecular formula is C7H11NO2. The van der Waals surface area contributed by atoms with Crippen LogP contribution in [0.5, 0.6) is 0 Å². The Balaban J connectivity index is 2.93. The largest absolute Gasteiger partial charge is 0.510 e. The van der Waals surface area contributed by atoms with Gasteiger partial charge < -0.3 is 15.9 Å². The zero-order chi connectivity index (χ0) is 7.78. The number of hydrogen-bond donors (Lipinski definition) is 3. The van der Waals surface area contributed by atoms with E-state index in [2.05, 4.69) is 0 Å². The van der Waals surface area contributed by atoms with Crippen LogP contribution in [-0.4, -0.2) is 21.9 Å². The van der Waals surface area contributed by atoms with Crippen molar-refractivity contribution in [3.05, 3.63) is 24.0 Å². The van der Waals surface area contributed by atoms with Crippen molar-refractivity contribution in [1.82, 2.24) is 0 Å². The van der Waals surface area contributed by atoms with Crippen molar-refractivity contribution in [3.8, 4) is 0 Å². The SMILES string of the molecule is CC1(N)C(O)=CC=CC1O. The summed E-state index contributed by atoms with van der Waals surface area (Å²) in [6.45, 7) is 1.58. The number of hydrogen-bond acceptors (Lipinski definition) is 3. The molecule has 0 aromatic carbocycles. The molecule has 4 N–H and O–H groups in total. The van der Waals surface area contributed by atoms with Gasteiger partial charge >= 0.3 is 0 Å². The lowest BCUT2D eigenvalue weighted by molar-refractivity contribution is 0.124. The molecule has 0 aromatic rings. The minimum absolute atomic E-state index is 0.0162. The molecule has 0 aromatic heterocycles. The third-order valence-corrected chi connectivity index (χ3v) is 1.71. The Bertz CT molecular complexity index is 194. The molecule has 1 aliphatic carbocycles. The maximum Gasteiger partial charge on any atom is 0.115 e. The molecule has 0 saturated heterocycles. The van der Waals surface area contributed by atoms with Gasteiger partial charge in [-0.3, -0.25) is 0 Å². The van der Waals surface area contributed by atoms with Crippen molar-refractivity contribution in [2.45, 2.75) is 18.6 Å². The van der Waals surface area contributed by atoms with Crippen molar-refractivity contribution < 1.29 is 10.2 Å². The van der Waals surface area contributed by atoms with E-state index in [9.17, 15) is 5.11 Å². The van der Waals surface area contributed by atoms with E-state index >= 15 is 0 Å². The Kier molecular flexibility index (Phi) is 1.54. The number of aliphatic hydroxyl groups excluding tert-OH is 2. The van der Waals surface area contributed by atoms with Crippen molar-refractivity contribution in [3.63, 3.8) is 0 Å². The van der Waals surface area contributed by atoms with Gasteiger partial charge in [0.2, 0.25) is 0 Å². The van der Waals surface area contributed by atoms with E-state index in [1.54, 1.807) is 19.1 Å². The standard InChI is InChI=1S/C7H11NO2/c1-7(8)5(9)3-2-4-6(7)10/h2-5,9-10H,8H2,1H3. The molecule has 0 aliphatic heterocycles. The number of allylic oxidation sites excluding steroid dienone is 2. The predicted molar refractivity (Wildman–Crippen MR) is 38.5 cm³/mol. The molecule has 56 valence electrons. The number of rotatable bonds is 0. The normalized spacial score (nSPS) is 39.5. The van der Waals surface area contributed by atoms with E-state index in [4.69, 9.17) is 10.8 Å². The summed E-state index contributed by atoms with van der Waals surface area (Å²) in [7, 11) is 0. The topological polar surface area (TPSA) is 66.5 Å². The summed E-state index contributed by atoms with van der Waals surface area (Å²) in [4.78, 5) is 0. The monoisotopic (exact) mass is 141 g/mol. The highest BCUT2D eigenvalue weighted by Crippen LogP contribution is 2.19. The van der Waals surface area contributed by atoms with Gasteiger partial charge in [0.15, 0.2) is 0 Å². The first-order chi connectivity index (χ1) is 4.55. The smallest absolute Gasteiger partial charge is 0.115 e. The fourth-order valence-corrected chi connectivity index (χ4v) is 0.783. The second kappa shape index (κ2) is 2.11. The fourth-order valence-electron chi connectivity index (χ4n) is 0.783. The summed E-state index contributed by atoms with van der Waals surface area (Å²) in [6, 6.07) is 0. The van der Waals surface area contributed by atoms with Crippen LogP contribution < -0.4 is 5.73 Å². The van der Waals surface area contributed by atoms with Crippen LogP contribution in [0, 0.1) is 0 Å². The van der Waals surface area contributed by atoms with E-state index in [-0.39, 0.29) is 5.76 Å². The summed E-state index contributed by atoms with van der Waals surface area (Å²) >= 11 is 0. The van der Waals surface area contributed by atoms with E-state index in [1.807, 2.05) is 0 Å². The van der Waals surface area contributed by atoms with Crippen LogP contribution in [0.4, 0.5) is 0 Å². The molecule has 0 fully saturated rings. The predicted octanol–water partition coefficient (Wildman–Crippen LogP) is 0.0764. The van der Waals surface area contributed by atoms with Gasteiger partial charge in [-0.25, -0.2) is 0 Å². The van der Waals surface area contributed by atoms with Crippen LogP contribution in [0.2, 0.25) is 0 Å². The first-order valence-electron chi connectivity index (χ1n) is 3.10. The van der Waals surface area contributed by atoms with Gasteiger partial charge in [0.1, 0.15) is 11.3 Å². The van der Waals surface area contributed by atoms with Crippen molar-refractivity contribution in [2.75, 3.05) is 0 Å². The highest BCUT2D eigenvalue weighted by atomic mass is 16.3. The van der Waals surface area contributed by atoms with E-state index in [1.165, 1.54) is 6.08 Å². The summed E-state index contributed by atoms with van der Waals surface area (Å²) in [5.41, 5.74) is 4.53. The molecule has 3 nitrogen and oxygen atoms in total. The fraction of sp³-hybridized carbons (Fsp3) is 0.429. The third-order valence-electron chi connectivity index (χ3n) is 1.71.